The zero-order valence-electron chi connectivity index (χ0n) is 16.1. The van der Waals surface area contributed by atoms with E-state index in [1.165, 1.54) is 0 Å². The first-order valence-electron chi connectivity index (χ1n) is 8.89. The monoisotopic (exact) mass is 446 g/mol. The van der Waals surface area contributed by atoms with Gasteiger partial charge in [0.05, 0.1) is 17.6 Å². The summed E-state index contributed by atoms with van der Waals surface area (Å²) in [4.78, 5) is 33.6. The van der Waals surface area contributed by atoms with Gasteiger partial charge in [-0.05, 0) is 12.1 Å². The first-order valence-corrected chi connectivity index (χ1v) is 8.89. The molecule has 14 nitrogen and oxygen atoms in total. The number of carboxylic acids is 1. The molecule has 0 radical (unpaired) electrons. The van der Waals surface area contributed by atoms with E-state index in [0.29, 0.717) is 0 Å². The number of benzene rings is 1. The van der Waals surface area contributed by atoms with Gasteiger partial charge < -0.3 is 45.4 Å². The first-order chi connectivity index (χ1) is 14.4. The van der Waals surface area contributed by atoms with Crippen molar-refractivity contribution in [3.63, 3.8) is 0 Å². The Morgan fingerprint density at radius 1 is 1.29 bits per heavy atom. The normalized spacial score (nSPS) is 30.1. The minimum absolute atomic E-state index is 0.312. The van der Waals surface area contributed by atoms with Crippen molar-refractivity contribution in [2.24, 2.45) is 0 Å². The average molecular weight is 446 g/mol. The Hall–Kier alpha value is -2.88. The van der Waals surface area contributed by atoms with E-state index in [0.717, 1.165) is 31.2 Å². The lowest BCUT2D eigenvalue weighted by Gasteiger charge is -2.48. The molecular formula is C17H22N2O12. The number of non-ortho nitro benzene ring substituents is 1. The zero-order valence-corrected chi connectivity index (χ0v) is 16.1. The lowest BCUT2D eigenvalue weighted by atomic mass is 9.86. The van der Waals surface area contributed by atoms with Crippen LogP contribution in [0.3, 0.4) is 0 Å². The smallest absolute Gasteiger partial charge is 0.380 e. The molecule has 1 aromatic carbocycles. The fraction of sp³-hybridized carbons (Fsp3) is 0.529. The standard InChI is InChI=1S/C17H22N2O12/c1-7(21)18-11-13(24)15(25)17(16(26)27,31-14(11)12(23)10(22)6-20)30-9-4-2-8(3-5-9)19(28)29/h2-5,10-15,20,22-25H,6H2,1H3,(H,18,21)(H,26,27)/t10-,11+,12-,13+,14?,15-,17+/m1/s1. The van der Waals surface area contributed by atoms with Crippen molar-refractivity contribution < 1.29 is 54.6 Å². The van der Waals surface area contributed by atoms with Crippen molar-refractivity contribution in [2.45, 2.75) is 49.3 Å². The maximum absolute atomic E-state index is 12.0. The SMILES string of the molecule is CC(=O)N[C@@H]1C([C@H](O)[C@H](O)CO)O[C@](Oc2ccc([N+](=O)[O-])cc2)(C(=O)O)[C@H](O)[C@H]1O. The van der Waals surface area contributed by atoms with Crippen molar-refractivity contribution in [3.05, 3.63) is 34.4 Å². The first kappa shape index (κ1) is 24.4. The summed E-state index contributed by atoms with van der Waals surface area (Å²) in [6.45, 7) is 0.0627. The Morgan fingerprint density at radius 3 is 2.32 bits per heavy atom. The van der Waals surface area contributed by atoms with E-state index in [-0.39, 0.29) is 11.4 Å². The number of amides is 1. The second kappa shape index (κ2) is 9.51. The van der Waals surface area contributed by atoms with Gasteiger partial charge in [0.25, 0.3) is 5.69 Å². The predicted molar refractivity (Wildman–Crippen MR) is 97.7 cm³/mol. The molecule has 1 aliphatic heterocycles. The molecule has 1 unspecified atom stereocenters. The van der Waals surface area contributed by atoms with Gasteiger partial charge in [-0.2, -0.15) is 0 Å². The number of hydrogen-bond acceptors (Lipinski definition) is 11. The summed E-state index contributed by atoms with van der Waals surface area (Å²) in [5.74, 6) is -6.05. The number of carbonyl (C=O) groups is 2. The third-order valence-electron chi connectivity index (χ3n) is 4.65. The Labute approximate surface area is 174 Å². The van der Waals surface area contributed by atoms with Gasteiger partial charge in [-0.3, -0.25) is 14.9 Å². The molecule has 1 aliphatic rings. The Morgan fingerprint density at radius 2 is 1.87 bits per heavy atom. The average Bonchev–Trinajstić information content (AvgIpc) is 2.72. The predicted octanol–water partition coefficient (Wildman–Crippen LogP) is -2.91. The molecule has 0 spiro atoms. The molecule has 1 saturated heterocycles. The molecule has 2 rings (SSSR count). The molecule has 0 bridgehead atoms. The maximum atomic E-state index is 12.0. The fourth-order valence-corrected chi connectivity index (χ4v) is 3.09. The van der Waals surface area contributed by atoms with E-state index in [1.54, 1.807) is 0 Å². The Balaban J connectivity index is 2.48. The molecule has 0 saturated carbocycles. The summed E-state index contributed by atoms with van der Waals surface area (Å²) in [6.07, 6.45) is -10.2. The highest BCUT2D eigenvalue weighted by atomic mass is 16.7. The zero-order chi connectivity index (χ0) is 23.5. The van der Waals surface area contributed by atoms with Gasteiger partial charge >= 0.3 is 11.8 Å². The number of hydrogen-bond donors (Lipinski definition) is 7. The third kappa shape index (κ3) is 4.90. The van der Waals surface area contributed by atoms with Crippen molar-refractivity contribution in [1.29, 1.82) is 0 Å². The van der Waals surface area contributed by atoms with Gasteiger partial charge in [-0.25, -0.2) is 4.79 Å². The number of aliphatic hydroxyl groups excluding tert-OH is 5. The number of aliphatic carboxylic acids is 1. The van der Waals surface area contributed by atoms with Crippen molar-refractivity contribution in [2.75, 3.05) is 6.61 Å². The van der Waals surface area contributed by atoms with Crippen LogP contribution in [-0.4, -0.2) is 96.4 Å². The van der Waals surface area contributed by atoms with Crippen LogP contribution in [0.5, 0.6) is 5.75 Å². The summed E-state index contributed by atoms with van der Waals surface area (Å²) >= 11 is 0. The number of ether oxygens (including phenoxy) is 2. The number of carboxylic acid groups (broad SMARTS) is 1. The van der Waals surface area contributed by atoms with E-state index in [1.807, 2.05) is 0 Å². The largest absolute Gasteiger partial charge is 0.476 e. The number of nitrogens with zero attached hydrogens (tertiary/aromatic N) is 1. The molecule has 172 valence electrons. The van der Waals surface area contributed by atoms with Crippen LogP contribution < -0.4 is 10.1 Å². The van der Waals surface area contributed by atoms with Gasteiger partial charge in [-0.15, -0.1) is 0 Å². The maximum Gasteiger partial charge on any atom is 0.380 e. The van der Waals surface area contributed by atoms with E-state index >= 15 is 0 Å². The highest BCUT2D eigenvalue weighted by molar-refractivity contribution is 5.78. The molecule has 7 atom stereocenters. The molecule has 0 aliphatic carbocycles. The van der Waals surface area contributed by atoms with Crippen LogP contribution in [0, 0.1) is 10.1 Å². The van der Waals surface area contributed by atoms with Gasteiger partial charge in [-0.1, -0.05) is 0 Å². The minimum atomic E-state index is -3.05. The third-order valence-corrected chi connectivity index (χ3v) is 4.65. The number of aliphatic hydroxyl groups is 5. The van der Waals surface area contributed by atoms with Gasteiger partial charge in [0, 0.05) is 19.1 Å². The topological polar surface area (TPSA) is 229 Å². The fourth-order valence-electron chi connectivity index (χ4n) is 3.09. The molecular weight excluding hydrogens is 424 g/mol. The van der Waals surface area contributed by atoms with Gasteiger partial charge in [0.1, 0.15) is 30.2 Å². The highest BCUT2D eigenvalue weighted by Gasteiger charge is 2.63. The molecule has 0 aromatic heterocycles. The molecule has 31 heavy (non-hydrogen) atoms. The van der Waals surface area contributed by atoms with Crippen molar-refractivity contribution >= 4 is 17.6 Å². The molecule has 14 heteroatoms. The summed E-state index contributed by atoms with van der Waals surface area (Å²) in [5.41, 5.74) is -0.341. The van der Waals surface area contributed by atoms with E-state index < -0.39 is 65.8 Å². The van der Waals surface area contributed by atoms with Crippen LogP contribution in [-0.2, 0) is 14.3 Å². The second-order valence-electron chi connectivity index (χ2n) is 6.81. The van der Waals surface area contributed by atoms with Crippen LogP contribution >= 0.6 is 0 Å². The van der Waals surface area contributed by atoms with Crippen molar-refractivity contribution in [3.8, 4) is 5.75 Å². The lowest BCUT2D eigenvalue weighted by Crippen LogP contribution is -2.75. The number of nitrogens with one attached hydrogen (secondary N) is 1. The van der Waals surface area contributed by atoms with Crippen molar-refractivity contribution in [1.82, 2.24) is 5.32 Å². The summed E-state index contributed by atoms with van der Waals surface area (Å²) in [5, 5.41) is 72.9. The molecule has 1 aromatic rings. The van der Waals surface area contributed by atoms with Crippen LogP contribution in [0.1, 0.15) is 6.92 Å². The van der Waals surface area contributed by atoms with Crippen LogP contribution in [0.2, 0.25) is 0 Å². The summed E-state index contributed by atoms with van der Waals surface area (Å²) < 4.78 is 10.5. The van der Waals surface area contributed by atoms with E-state index in [9.17, 15) is 45.2 Å². The van der Waals surface area contributed by atoms with E-state index in [4.69, 9.17) is 14.6 Å². The minimum Gasteiger partial charge on any atom is -0.476 e. The summed E-state index contributed by atoms with van der Waals surface area (Å²) in [7, 11) is 0. The molecule has 1 amide bonds. The number of nitro groups is 1. The Kier molecular flexibility index (Phi) is 7.48. The van der Waals surface area contributed by atoms with E-state index in [2.05, 4.69) is 5.32 Å². The van der Waals surface area contributed by atoms with Crippen LogP contribution in [0.25, 0.3) is 0 Å². The molecule has 7 N–H and O–H groups in total. The van der Waals surface area contributed by atoms with Crippen LogP contribution in [0.4, 0.5) is 5.69 Å². The number of nitro benzene ring substituents is 1. The molecule has 1 fully saturated rings. The highest BCUT2D eigenvalue weighted by Crippen LogP contribution is 2.35. The quantitative estimate of drug-likeness (QED) is 0.157. The summed E-state index contributed by atoms with van der Waals surface area (Å²) in [6, 6.07) is 2.40. The van der Waals surface area contributed by atoms with Gasteiger partial charge in [0.2, 0.25) is 5.91 Å². The van der Waals surface area contributed by atoms with Gasteiger partial charge in [0.15, 0.2) is 6.10 Å². The molecule has 1 heterocycles. The van der Waals surface area contributed by atoms with Crippen LogP contribution in [0.15, 0.2) is 24.3 Å². The lowest BCUT2D eigenvalue weighted by molar-refractivity contribution is -0.384. The Bertz CT molecular complexity index is 818. The number of rotatable bonds is 8. The second-order valence-corrected chi connectivity index (χ2v) is 6.81. The number of carbonyl (C=O) groups excluding carboxylic acids is 1.